The Morgan fingerprint density at radius 3 is 2.75 bits per heavy atom. The van der Waals surface area contributed by atoms with E-state index in [2.05, 4.69) is 10.0 Å². The van der Waals surface area contributed by atoms with Crippen LogP contribution in [0, 0.1) is 6.92 Å². The van der Waals surface area contributed by atoms with Crippen LogP contribution in [0.4, 0.5) is 11.4 Å². The second kappa shape index (κ2) is 8.94. The molecule has 0 saturated carbocycles. The van der Waals surface area contributed by atoms with Crippen molar-refractivity contribution in [1.29, 1.82) is 0 Å². The minimum atomic E-state index is -3.82. The molecule has 2 N–H and O–H groups in total. The lowest BCUT2D eigenvalue weighted by Gasteiger charge is -2.13. The molecule has 1 aliphatic heterocycles. The number of sulfonamides is 1. The Kier molecular flexibility index (Phi) is 6.59. The molecule has 0 bridgehead atoms. The average Bonchev–Trinajstić information content (AvgIpc) is 3.15. The van der Waals surface area contributed by atoms with Crippen LogP contribution in [0.3, 0.4) is 0 Å². The van der Waals surface area contributed by atoms with Crippen LogP contribution in [-0.4, -0.2) is 27.0 Å². The van der Waals surface area contributed by atoms with Crippen LogP contribution in [0.25, 0.3) is 0 Å². The molecule has 1 heterocycles. The molecule has 1 saturated heterocycles. The first-order valence-electron chi connectivity index (χ1n) is 9.14. The van der Waals surface area contributed by atoms with Crippen molar-refractivity contribution in [2.75, 3.05) is 16.6 Å². The first-order valence-corrected chi connectivity index (χ1v) is 11.0. The fourth-order valence-corrected chi connectivity index (χ4v) is 4.63. The van der Waals surface area contributed by atoms with E-state index in [-0.39, 0.29) is 16.9 Å². The number of hydrogen-bond donors (Lipinski definition) is 2. The summed E-state index contributed by atoms with van der Waals surface area (Å²) in [6, 6.07) is 11.3. The van der Waals surface area contributed by atoms with E-state index in [0.29, 0.717) is 34.8 Å². The number of amides is 1. The van der Waals surface area contributed by atoms with Crippen LogP contribution in [0.2, 0.25) is 5.02 Å². The fraction of sp³-hybridized carbons (Fsp3) is 0.350. The van der Waals surface area contributed by atoms with Crippen LogP contribution < -0.4 is 10.0 Å². The SMILES string of the molecule is Cc1ccc(NC(=O)CCC2CCCO2)cc1S(=O)(=O)Nc1cccc(Cl)c1. The van der Waals surface area contributed by atoms with E-state index in [1.807, 2.05) is 0 Å². The predicted octanol–water partition coefficient (Wildman–Crippen LogP) is 4.35. The summed E-state index contributed by atoms with van der Waals surface area (Å²) in [5.41, 5.74) is 1.39. The Morgan fingerprint density at radius 2 is 2.04 bits per heavy atom. The van der Waals surface area contributed by atoms with Gasteiger partial charge in [0, 0.05) is 23.7 Å². The van der Waals surface area contributed by atoms with Gasteiger partial charge in [-0.3, -0.25) is 9.52 Å². The molecule has 1 unspecified atom stereocenters. The van der Waals surface area contributed by atoms with Crippen LogP contribution in [0.15, 0.2) is 47.4 Å². The van der Waals surface area contributed by atoms with Crippen molar-refractivity contribution in [2.45, 2.75) is 43.6 Å². The highest BCUT2D eigenvalue weighted by molar-refractivity contribution is 7.92. The molecule has 6 nitrogen and oxygen atoms in total. The van der Waals surface area contributed by atoms with Crippen LogP contribution in [0.1, 0.15) is 31.2 Å². The molecule has 28 heavy (non-hydrogen) atoms. The van der Waals surface area contributed by atoms with E-state index in [1.54, 1.807) is 37.3 Å². The quantitative estimate of drug-likeness (QED) is 0.694. The third kappa shape index (κ3) is 5.47. The van der Waals surface area contributed by atoms with E-state index >= 15 is 0 Å². The van der Waals surface area contributed by atoms with E-state index in [0.717, 1.165) is 19.4 Å². The molecule has 3 rings (SSSR count). The summed E-state index contributed by atoms with van der Waals surface area (Å²) < 4.78 is 33.6. The van der Waals surface area contributed by atoms with Gasteiger partial charge in [-0.1, -0.05) is 23.7 Å². The number of aryl methyl sites for hydroxylation is 1. The minimum absolute atomic E-state index is 0.101. The molecule has 0 aliphatic carbocycles. The number of rotatable bonds is 7. The van der Waals surface area contributed by atoms with Crippen molar-refractivity contribution < 1.29 is 17.9 Å². The number of anilines is 2. The van der Waals surface area contributed by atoms with Crippen LogP contribution >= 0.6 is 11.6 Å². The van der Waals surface area contributed by atoms with Gasteiger partial charge in [-0.15, -0.1) is 0 Å². The lowest BCUT2D eigenvalue weighted by Crippen LogP contribution is -2.17. The monoisotopic (exact) mass is 422 g/mol. The van der Waals surface area contributed by atoms with E-state index < -0.39 is 10.0 Å². The zero-order valence-electron chi connectivity index (χ0n) is 15.6. The molecule has 1 fully saturated rings. The second-order valence-electron chi connectivity index (χ2n) is 6.82. The zero-order valence-corrected chi connectivity index (χ0v) is 17.1. The first kappa shape index (κ1) is 20.6. The van der Waals surface area contributed by atoms with Crippen molar-refractivity contribution in [3.63, 3.8) is 0 Å². The van der Waals surface area contributed by atoms with Gasteiger partial charge in [0.1, 0.15) is 0 Å². The third-order valence-corrected chi connectivity index (χ3v) is 6.31. The number of carbonyl (C=O) groups excluding carboxylic acids is 1. The molecule has 1 amide bonds. The van der Waals surface area contributed by atoms with Gasteiger partial charge in [0.15, 0.2) is 0 Å². The van der Waals surface area contributed by atoms with Gasteiger partial charge in [-0.25, -0.2) is 8.42 Å². The number of halogens is 1. The number of ether oxygens (including phenoxy) is 1. The summed E-state index contributed by atoms with van der Waals surface area (Å²) in [5, 5.41) is 3.21. The van der Waals surface area contributed by atoms with Gasteiger partial charge in [0.05, 0.1) is 16.7 Å². The maximum atomic E-state index is 12.8. The van der Waals surface area contributed by atoms with Crippen LogP contribution in [-0.2, 0) is 19.6 Å². The summed E-state index contributed by atoms with van der Waals surface area (Å²) in [5.74, 6) is -0.162. The van der Waals surface area contributed by atoms with Crippen molar-refractivity contribution in [2.24, 2.45) is 0 Å². The zero-order chi connectivity index (χ0) is 20.1. The van der Waals surface area contributed by atoms with Gasteiger partial charge >= 0.3 is 0 Å². The smallest absolute Gasteiger partial charge is 0.262 e. The van der Waals surface area contributed by atoms with Gasteiger partial charge in [-0.2, -0.15) is 0 Å². The molecule has 150 valence electrons. The standard InChI is InChI=1S/C20H23ClN2O4S/c1-14-7-8-16(22-20(24)10-9-18-6-3-11-27-18)13-19(14)28(25,26)23-17-5-2-4-15(21)12-17/h2,4-5,7-8,12-13,18,23H,3,6,9-11H2,1H3,(H,22,24). The van der Waals surface area contributed by atoms with Crippen molar-refractivity contribution in [1.82, 2.24) is 0 Å². The maximum absolute atomic E-state index is 12.8. The lowest BCUT2D eigenvalue weighted by atomic mass is 10.1. The Balaban J connectivity index is 1.70. The van der Waals surface area contributed by atoms with E-state index in [4.69, 9.17) is 16.3 Å². The molecule has 0 spiro atoms. The number of nitrogens with one attached hydrogen (secondary N) is 2. The normalized spacial score (nSPS) is 16.7. The highest BCUT2D eigenvalue weighted by atomic mass is 35.5. The summed E-state index contributed by atoms with van der Waals surface area (Å²) in [6.07, 6.45) is 3.16. The Bertz CT molecular complexity index is 956. The third-order valence-electron chi connectivity index (χ3n) is 4.56. The molecule has 8 heteroatoms. The van der Waals surface area contributed by atoms with Crippen molar-refractivity contribution in [3.8, 4) is 0 Å². The van der Waals surface area contributed by atoms with Gasteiger partial charge in [0.25, 0.3) is 10.0 Å². The summed E-state index contributed by atoms with van der Waals surface area (Å²) in [7, 11) is -3.82. The van der Waals surface area contributed by atoms with Crippen molar-refractivity contribution >= 4 is 38.9 Å². The molecule has 2 aromatic rings. The summed E-state index contributed by atoms with van der Waals surface area (Å²) in [6.45, 7) is 2.46. The Morgan fingerprint density at radius 1 is 1.21 bits per heavy atom. The summed E-state index contributed by atoms with van der Waals surface area (Å²) >= 11 is 5.92. The van der Waals surface area contributed by atoms with E-state index in [9.17, 15) is 13.2 Å². The second-order valence-corrected chi connectivity index (χ2v) is 8.91. The highest BCUT2D eigenvalue weighted by Crippen LogP contribution is 2.25. The minimum Gasteiger partial charge on any atom is -0.378 e. The van der Waals surface area contributed by atoms with Crippen molar-refractivity contribution in [3.05, 3.63) is 53.1 Å². The topological polar surface area (TPSA) is 84.5 Å². The van der Waals surface area contributed by atoms with Gasteiger partial charge < -0.3 is 10.1 Å². The molecular formula is C20H23ClN2O4S. The molecule has 0 aromatic heterocycles. The largest absolute Gasteiger partial charge is 0.378 e. The lowest BCUT2D eigenvalue weighted by molar-refractivity contribution is -0.116. The first-order chi connectivity index (χ1) is 13.3. The molecule has 1 aliphatic rings. The number of hydrogen-bond acceptors (Lipinski definition) is 4. The van der Waals surface area contributed by atoms with Gasteiger partial charge in [-0.05, 0) is 62.1 Å². The molecule has 0 radical (unpaired) electrons. The predicted molar refractivity (Wildman–Crippen MR) is 110 cm³/mol. The summed E-state index contributed by atoms with van der Waals surface area (Å²) in [4.78, 5) is 12.3. The Hall–Kier alpha value is -2.09. The molecule has 2 aromatic carbocycles. The number of carbonyl (C=O) groups is 1. The average molecular weight is 423 g/mol. The van der Waals surface area contributed by atoms with Crippen LogP contribution in [0.5, 0.6) is 0 Å². The van der Waals surface area contributed by atoms with E-state index in [1.165, 1.54) is 12.1 Å². The Labute approximate surface area is 170 Å². The fourth-order valence-electron chi connectivity index (χ4n) is 3.12. The molecule has 1 atom stereocenters. The molecular weight excluding hydrogens is 400 g/mol. The van der Waals surface area contributed by atoms with Gasteiger partial charge in [0.2, 0.25) is 5.91 Å². The highest BCUT2D eigenvalue weighted by Gasteiger charge is 2.19. The maximum Gasteiger partial charge on any atom is 0.262 e. The number of benzene rings is 2.